The Balaban J connectivity index is 1.74. The monoisotopic (exact) mass is 537 g/mol. The van der Waals surface area contributed by atoms with Gasteiger partial charge in [-0.2, -0.15) is 0 Å². The molecule has 0 bridgehead atoms. The molecule has 1 fully saturated rings. The molecule has 0 radical (unpaired) electrons. The molecule has 7 nitrogen and oxygen atoms in total. The Morgan fingerprint density at radius 2 is 1.88 bits per heavy atom. The van der Waals surface area contributed by atoms with Crippen molar-refractivity contribution in [2.45, 2.75) is 24.2 Å². The van der Waals surface area contributed by atoms with Gasteiger partial charge in [0.15, 0.2) is 10.9 Å². The topological polar surface area (TPSA) is 91.2 Å². The number of carbonyl (C=O) groups is 2. The number of amidine groups is 1. The number of aliphatic imine (C=N–C) groups is 1. The van der Waals surface area contributed by atoms with Crippen LogP contribution in [0.25, 0.3) is 0 Å². The van der Waals surface area contributed by atoms with Gasteiger partial charge in [-0.1, -0.05) is 35.0 Å². The number of halogens is 5. The van der Waals surface area contributed by atoms with E-state index in [1.165, 1.54) is 36.4 Å². The summed E-state index contributed by atoms with van der Waals surface area (Å²) in [5.41, 5.74) is -3.24. The first-order chi connectivity index (χ1) is 15.5. The summed E-state index contributed by atoms with van der Waals surface area (Å²) in [5, 5.41) is 12.3. The van der Waals surface area contributed by atoms with Crippen LogP contribution in [0.5, 0.6) is 11.5 Å². The van der Waals surface area contributed by atoms with E-state index in [1.54, 1.807) is 6.92 Å². The Labute approximate surface area is 206 Å². The van der Waals surface area contributed by atoms with Crippen LogP contribution in [0.2, 0.25) is 10.0 Å². The van der Waals surface area contributed by atoms with E-state index in [2.05, 4.69) is 15.0 Å². The molecule has 1 aliphatic rings. The highest BCUT2D eigenvalue weighted by Gasteiger charge is 2.41. The second-order valence-electron chi connectivity index (χ2n) is 6.61. The van der Waals surface area contributed by atoms with Crippen molar-refractivity contribution < 1.29 is 28.2 Å². The smallest absolute Gasteiger partial charge is 0.487 e. The van der Waals surface area contributed by atoms with Crippen LogP contribution in [0.3, 0.4) is 0 Å². The molecule has 1 heterocycles. The second kappa shape index (κ2) is 10.3. The van der Waals surface area contributed by atoms with Gasteiger partial charge >= 0.3 is 5.57 Å². The van der Waals surface area contributed by atoms with Crippen molar-refractivity contribution in [3.05, 3.63) is 46.4 Å². The number of carbonyl (C=O) groups excluding carboxylic acids is 2. The minimum Gasteiger partial charge on any atom is -0.505 e. The Morgan fingerprint density at radius 1 is 1.27 bits per heavy atom. The molecule has 1 aliphatic heterocycles. The van der Waals surface area contributed by atoms with E-state index >= 15 is 0 Å². The van der Waals surface area contributed by atoms with Gasteiger partial charge in [-0.3, -0.25) is 14.6 Å². The Kier molecular flexibility index (Phi) is 7.94. The van der Waals surface area contributed by atoms with E-state index in [0.717, 1.165) is 16.7 Å². The summed E-state index contributed by atoms with van der Waals surface area (Å²) in [6.45, 7) is 2.18. The number of phenols is 1. The molecule has 1 atom stereocenters. The first-order valence-electron chi connectivity index (χ1n) is 9.37. The van der Waals surface area contributed by atoms with E-state index in [-0.39, 0.29) is 33.7 Å². The number of phenolic OH excluding ortho intramolecular Hbond substituents is 1. The van der Waals surface area contributed by atoms with E-state index in [4.69, 9.17) is 34.8 Å². The summed E-state index contributed by atoms with van der Waals surface area (Å²) in [5.74, 6) is -1.44. The van der Waals surface area contributed by atoms with E-state index < -0.39 is 22.6 Å². The summed E-state index contributed by atoms with van der Waals surface area (Å²) in [6.07, 6.45) is -0.0942. The van der Waals surface area contributed by atoms with Gasteiger partial charge < -0.3 is 15.2 Å². The number of imide groups is 1. The molecule has 1 saturated heterocycles. The molecule has 0 saturated carbocycles. The lowest BCUT2D eigenvalue weighted by Crippen LogP contribution is -2.31. The average Bonchev–Trinajstić information content (AvgIpc) is 2.99. The van der Waals surface area contributed by atoms with Gasteiger partial charge in [0.1, 0.15) is 11.0 Å². The molecule has 33 heavy (non-hydrogen) atoms. The number of benzene rings is 2. The molecule has 2 amide bonds. The standard InChI is InChI=1S/C20H16Cl3F2N3O4S/c1-2-26-19(27-10-7-13(21)17(30)14(22)8-10)33-15-9-16(29)28(18(15)31)11-3-5-12(6-4-11)32-20(23,24)25/h3-8,15,30H,2,9H2,1H3,(H,26,27). The third-order valence-electron chi connectivity index (χ3n) is 4.26. The van der Waals surface area contributed by atoms with Crippen LogP contribution in [0.1, 0.15) is 13.3 Å². The molecule has 0 aliphatic carbocycles. The molecule has 176 valence electrons. The lowest BCUT2D eigenvalue weighted by molar-refractivity contribution is -0.121. The minimum atomic E-state index is -3.88. The molecule has 3 rings (SSSR count). The van der Waals surface area contributed by atoms with Crippen molar-refractivity contribution in [1.29, 1.82) is 0 Å². The zero-order valence-corrected chi connectivity index (χ0v) is 19.9. The fourth-order valence-corrected chi connectivity index (χ4v) is 4.57. The molecular weight excluding hydrogens is 523 g/mol. The number of thioether (sulfide) groups is 1. The molecule has 0 spiro atoms. The van der Waals surface area contributed by atoms with Crippen molar-refractivity contribution in [2.75, 3.05) is 16.8 Å². The zero-order valence-electron chi connectivity index (χ0n) is 16.8. The van der Waals surface area contributed by atoms with Crippen LogP contribution >= 0.6 is 46.6 Å². The van der Waals surface area contributed by atoms with Crippen LogP contribution < -0.4 is 15.0 Å². The zero-order chi connectivity index (χ0) is 24.3. The number of rotatable bonds is 6. The maximum atomic E-state index is 12.9. The van der Waals surface area contributed by atoms with Crippen molar-refractivity contribution in [3.8, 4) is 11.5 Å². The number of alkyl halides is 3. The van der Waals surface area contributed by atoms with Gasteiger partial charge in [0, 0.05) is 30.3 Å². The largest absolute Gasteiger partial charge is 0.505 e. The fraction of sp³-hybridized carbons (Fsp3) is 0.250. The quantitative estimate of drug-likeness (QED) is 0.161. The van der Waals surface area contributed by atoms with E-state index in [1.807, 2.05) is 0 Å². The predicted molar refractivity (Wildman–Crippen MR) is 126 cm³/mol. The molecule has 2 aromatic carbocycles. The fourth-order valence-electron chi connectivity index (χ4n) is 2.91. The number of anilines is 2. The second-order valence-corrected chi connectivity index (χ2v) is 9.06. The number of nitrogens with zero attached hydrogens (tertiary/aromatic N) is 2. The molecular formula is C20H16Cl3F2N3O4S. The number of hydrogen-bond acceptors (Lipinski definition) is 6. The Hall–Kier alpha value is -2.27. The van der Waals surface area contributed by atoms with E-state index in [9.17, 15) is 23.5 Å². The maximum Gasteiger partial charge on any atom is 0.487 e. The van der Waals surface area contributed by atoms with Crippen LogP contribution in [0, 0.1) is 0 Å². The van der Waals surface area contributed by atoms with Crippen molar-refractivity contribution in [2.24, 2.45) is 4.99 Å². The first kappa shape index (κ1) is 25.4. The summed E-state index contributed by atoms with van der Waals surface area (Å²) < 4.78 is 29.8. The van der Waals surface area contributed by atoms with Gasteiger partial charge in [-0.25, -0.2) is 4.90 Å². The van der Waals surface area contributed by atoms with Crippen molar-refractivity contribution in [3.63, 3.8) is 0 Å². The third kappa shape index (κ3) is 6.41. The maximum absolute atomic E-state index is 12.9. The lowest BCUT2D eigenvalue weighted by Gasteiger charge is -2.17. The molecule has 0 aromatic heterocycles. The Morgan fingerprint density at radius 3 is 2.42 bits per heavy atom. The number of amides is 2. The summed E-state index contributed by atoms with van der Waals surface area (Å²) in [6, 6.07) is 7.85. The number of ether oxygens (including phenoxy) is 1. The van der Waals surface area contributed by atoms with Crippen molar-refractivity contribution >= 4 is 74.9 Å². The number of hydrogen-bond donors (Lipinski definition) is 2. The molecule has 13 heteroatoms. The van der Waals surface area contributed by atoms with Gasteiger partial charge in [0.05, 0.1) is 15.7 Å². The summed E-state index contributed by atoms with van der Waals surface area (Å²) >= 11 is 17.7. The van der Waals surface area contributed by atoms with Crippen LogP contribution in [-0.2, 0) is 9.59 Å². The average molecular weight is 539 g/mol. The van der Waals surface area contributed by atoms with Crippen LogP contribution in [-0.4, -0.2) is 39.5 Å². The van der Waals surface area contributed by atoms with Gasteiger partial charge in [-0.05, 0) is 43.3 Å². The minimum absolute atomic E-state index is 0.0310. The van der Waals surface area contributed by atoms with Crippen LogP contribution in [0.15, 0.2) is 41.4 Å². The molecule has 2 aromatic rings. The highest BCUT2D eigenvalue weighted by Crippen LogP contribution is 2.36. The highest BCUT2D eigenvalue weighted by atomic mass is 35.5. The van der Waals surface area contributed by atoms with Crippen LogP contribution in [0.4, 0.5) is 20.2 Å². The van der Waals surface area contributed by atoms with E-state index in [0.29, 0.717) is 17.4 Å². The number of aromatic hydroxyl groups is 1. The third-order valence-corrected chi connectivity index (χ3v) is 6.02. The van der Waals surface area contributed by atoms with Gasteiger partial charge in [-0.15, -0.1) is 8.78 Å². The van der Waals surface area contributed by atoms with Gasteiger partial charge in [0.25, 0.3) is 0 Å². The Bertz CT molecular complexity index is 1070. The molecule has 1 unspecified atom stereocenters. The lowest BCUT2D eigenvalue weighted by atomic mass is 10.3. The van der Waals surface area contributed by atoms with Gasteiger partial charge in [0.2, 0.25) is 11.8 Å². The molecule has 2 N–H and O–H groups in total. The summed E-state index contributed by atoms with van der Waals surface area (Å²) in [4.78, 5) is 30.7. The normalized spacial score (nSPS) is 17.0. The first-order valence-corrected chi connectivity index (χ1v) is 11.4. The van der Waals surface area contributed by atoms with Crippen molar-refractivity contribution in [1.82, 2.24) is 0 Å². The summed E-state index contributed by atoms with van der Waals surface area (Å²) in [7, 11) is 0. The highest BCUT2D eigenvalue weighted by molar-refractivity contribution is 8.15. The SMILES string of the molecule is CCN=C(Nc1cc(Cl)c(O)c(Cl)c1)SC1CC(=O)N(c2ccc(OC(F)(F)Cl)cc2)C1=O. The number of nitrogens with one attached hydrogen (secondary N) is 1. The predicted octanol–water partition coefficient (Wildman–Crippen LogP) is 5.72.